The highest BCUT2D eigenvalue weighted by Gasteiger charge is 2.19. The lowest BCUT2D eigenvalue weighted by molar-refractivity contribution is 0.446. The molecule has 0 aromatic heterocycles. The van der Waals surface area contributed by atoms with Crippen molar-refractivity contribution in [2.24, 2.45) is 0 Å². The molecular formula is C13H19FN2. The quantitative estimate of drug-likeness (QED) is 0.826. The Morgan fingerprint density at radius 1 is 1.50 bits per heavy atom. The fourth-order valence-corrected chi connectivity index (χ4v) is 2.26. The van der Waals surface area contributed by atoms with E-state index in [4.69, 9.17) is 0 Å². The first-order valence-corrected chi connectivity index (χ1v) is 5.95. The number of benzene rings is 1. The van der Waals surface area contributed by atoms with Gasteiger partial charge in [-0.05, 0) is 25.5 Å². The summed E-state index contributed by atoms with van der Waals surface area (Å²) in [7, 11) is 0. The number of nitrogens with one attached hydrogen (secondary N) is 1. The van der Waals surface area contributed by atoms with E-state index in [1.165, 1.54) is 6.07 Å². The zero-order valence-electron chi connectivity index (χ0n) is 9.96. The van der Waals surface area contributed by atoms with Crippen LogP contribution in [-0.4, -0.2) is 25.7 Å². The Morgan fingerprint density at radius 3 is 3.06 bits per heavy atom. The van der Waals surface area contributed by atoms with Crippen molar-refractivity contribution < 1.29 is 4.39 Å². The third-order valence-corrected chi connectivity index (χ3v) is 3.33. The van der Waals surface area contributed by atoms with Crippen molar-refractivity contribution >= 4 is 5.69 Å². The van der Waals surface area contributed by atoms with E-state index in [0.29, 0.717) is 6.04 Å². The van der Waals surface area contributed by atoms with Crippen molar-refractivity contribution in [1.82, 2.24) is 5.32 Å². The topological polar surface area (TPSA) is 15.3 Å². The molecule has 1 saturated heterocycles. The molecule has 0 amide bonds. The van der Waals surface area contributed by atoms with Crippen molar-refractivity contribution in [2.75, 3.05) is 24.5 Å². The van der Waals surface area contributed by atoms with Crippen LogP contribution < -0.4 is 10.2 Å². The zero-order chi connectivity index (χ0) is 11.5. The van der Waals surface area contributed by atoms with E-state index in [1.807, 2.05) is 13.0 Å². The van der Waals surface area contributed by atoms with Gasteiger partial charge in [0.15, 0.2) is 0 Å². The lowest BCUT2D eigenvalue weighted by Gasteiger charge is -2.35. The third kappa shape index (κ3) is 2.19. The molecule has 88 valence electrons. The van der Waals surface area contributed by atoms with Gasteiger partial charge in [0.1, 0.15) is 5.82 Å². The molecule has 0 bridgehead atoms. The molecule has 0 saturated carbocycles. The van der Waals surface area contributed by atoms with Crippen LogP contribution in [0.15, 0.2) is 18.2 Å². The second kappa shape index (κ2) is 4.83. The molecule has 0 spiro atoms. The summed E-state index contributed by atoms with van der Waals surface area (Å²) in [6.07, 6.45) is 1.12. The van der Waals surface area contributed by atoms with Crippen LogP contribution in [0, 0.1) is 12.7 Å². The monoisotopic (exact) mass is 222 g/mol. The predicted molar refractivity (Wildman–Crippen MR) is 65.4 cm³/mol. The number of hydrogen-bond donors (Lipinski definition) is 1. The van der Waals surface area contributed by atoms with E-state index in [9.17, 15) is 4.39 Å². The second-order valence-corrected chi connectivity index (χ2v) is 4.39. The van der Waals surface area contributed by atoms with Crippen LogP contribution in [0.1, 0.15) is 18.9 Å². The highest BCUT2D eigenvalue weighted by atomic mass is 19.1. The summed E-state index contributed by atoms with van der Waals surface area (Å²) in [6, 6.07) is 5.85. The van der Waals surface area contributed by atoms with E-state index in [1.54, 1.807) is 6.07 Å². The summed E-state index contributed by atoms with van der Waals surface area (Å²) in [4.78, 5) is 2.28. The van der Waals surface area contributed by atoms with E-state index in [0.717, 1.165) is 37.3 Å². The number of nitrogens with zero attached hydrogens (tertiary/aromatic N) is 1. The van der Waals surface area contributed by atoms with Gasteiger partial charge in [-0.15, -0.1) is 0 Å². The molecule has 1 fully saturated rings. The van der Waals surface area contributed by atoms with Gasteiger partial charge in [0.25, 0.3) is 0 Å². The zero-order valence-corrected chi connectivity index (χ0v) is 9.96. The van der Waals surface area contributed by atoms with Crippen molar-refractivity contribution in [2.45, 2.75) is 26.3 Å². The van der Waals surface area contributed by atoms with Gasteiger partial charge in [0.2, 0.25) is 0 Å². The maximum Gasteiger partial charge on any atom is 0.128 e. The number of anilines is 1. The Labute approximate surface area is 96.5 Å². The largest absolute Gasteiger partial charge is 0.368 e. The molecular weight excluding hydrogens is 203 g/mol. The maximum atomic E-state index is 13.5. The van der Waals surface area contributed by atoms with Crippen molar-refractivity contribution in [1.29, 1.82) is 0 Å². The summed E-state index contributed by atoms with van der Waals surface area (Å²) in [6.45, 7) is 6.95. The van der Waals surface area contributed by atoms with Gasteiger partial charge in [-0.25, -0.2) is 4.39 Å². The predicted octanol–water partition coefficient (Wildman–Crippen LogP) is 2.32. The summed E-state index contributed by atoms with van der Waals surface area (Å²) >= 11 is 0. The van der Waals surface area contributed by atoms with Gasteiger partial charge in [-0.2, -0.15) is 0 Å². The highest BCUT2D eigenvalue weighted by molar-refractivity contribution is 5.54. The van der Waals surface area contributed by atoms with E-state index < -0.39 is 0 Å². The standard InChI is InChI=1S/C13H19FN2/c1-3-11-9-16(8-7-15-11)13-6-4-5-12(14)10(13)2/h4-6,11,15H,3,7-9H2,1-2H3. The summed E-state index contributed by atoms with van der Waals surface area (Å²) in [5.41, 5.74) is 1.80. The minimum atomic E-state index is -0.107. The fourth-order valence-electron chi connectivity index (χ4n) is 2.26. The number of halogens is 1. The molecule has 16 heavy (non-hydrogen) atoms. The Kier molecular flexibility index (Phi) is 3.44. The smallest absolute Gasteiger partial charge is 0.128 e. The van der Waals surface area contributed by atoms with Crippen molar-refractivity contribution in [3.05, 3.63) is 29.6 Å². The molecule has 1 unspecified atom stereocenters. The van der Waals surface area contributed by atoms with Crippen molar-refractivity contribution in [3.63, 3.8) is 0 Å². The maximum absolute atomic E-state index is 13.5. The Hall–Kier alpha value is -1.09. The molecule has 1 aromatic carbocycles. The van der Waals surface area contributed by atoms with Gasteiger partial charge in [-0.1, -0.05) is 13.0 Å². The fraction of sp³-hybridized carbons (Fsp3) is 0.538. The minimum Gasteiger partial charge on any atom is -0.368 e. The first kappa shape index (κ1) is 11.4. The lowest BCUT2D eigenvalue weighted by Crippen LogP contribution is -2.50. The molecule has 1 atom stereocenters. The average Bonchev–Trinajstić information content (AvgIpc) is 2.33. The molecule has 1 aliphatic heterocycles. The molecule has 0 aliphatic carbocycles. The summed E-state index contributed by atoms with van der Waals surface area (Å²) in [5, 5.41) is 3.47. The molecule has 3 heteroatoms. The van der Waals surface area contributed by atoms with E-state index in [-0.39, 0.29) is 5.82 Å². The van der Waals surface area contributed by atoms with Crippen LogP contribution >= 0.6 is 0 Å². The molecule has 2 rings (SSSR count). The van der Waals surface area contributed by atoms with Crippen LogP contribution in [0.5, 0.6) is 0 Å². The first-order valence-electron chi connectivity index (χ1n) is 5.95. The van der Waals surface area contributed by atoms with Crippen LogP contribution in [-0.2, 0) is 0 Å². The summed E-state index contributed by atoms with van der Waals surface area (Å²) < 4.78 is 13.5. The summed E-state index contributed by atoms with van der Waals surface area (Å²) in [5.74, 6) is -0.107. The average molecular weight is 222 g/mol. The van der Waals surface area contributed by atoms with Crippen LogP contribution in [0.2, 0.25) is 0 Å². The molecule has 1 N–H and O–H groups in total. The van der Waals surface area contributed by atoms with Gasteiger partial charge in [-0.3, -0.25) is 0 Å². The van der Waals surface area contributed by atoms with Gasteiger partial charge in [0, 0.05) is 36.9 Å². The minimum absolute atomic E-state index is 0.107. The van der Waals surface area contributed by atoms with Gasteiger partial charge >= 0.3 is 0 Å². The number of hydrogen-bond acceptors (Lipinski definition) is 2. The molecule has 2 nitrogen and oxygen atoms in total. The lowest BCUT2D eigenvalue weighted by atomic mass is 10.1. The third-order valence-electron chi connectivity index (χ3n) is 3.33. The molecule has 1 heterocycles. The normalized spacial score (nSPS) is 21.2. The first-order chi connectivity index (χ1) is 7.72. The Balaban J connectivity index is 2.20. The molecule has 1 aliphatic rings. The SMILES string of the molecule is CCC1CN(c2cccc(F)c2C)CCN1. The Morgan fingerprint density at radius 2 is 2.31 bits per heavy atom. The second-order valence-electron chi connectivity index (χ2n) is 4.39. The Bertz CT molecular complexity index is 365. The highest BCUT2D eigenvalue weighted by Crippen LogP contribution is 2.23. The van der Waals surface area contributed by atoms with Crippen LogP contribution in [0.3, 0.4) is 0 Å². The van der Waals surface area contributed by atoms with E-state index >= 15 is 0 Å². The van der Waals surface area contributed by atoms with Crippen LogP contribution in [0.4, 0.5) is 10.1 Å². The van der Waals surface area contributed by atoms with Gasteiger partial charge < -0.3 is 10.2 Å². The molecule has 0 radical (unpaired) electrons. The van der Waals surface area contributed by atoms with Crippen LogP contribution in [0.25, 0.3) is 0 Å². The van der Waals surface area contributed by atoms with Crippen molar-refractivity contribution in [3.8, 4) is 0 Å². The van der Waals surface area contributed by atoms with E-state index in [2.05, 4.69) is 17.1 Å². The number of rotatable bonds is 2. The number of piperazine rings is 1. The van der Waals surface area contributed by atoms with Gasteiger partial charge in [0.05, 0.1) is 0 Å². The molecule has 1 aromatic rings.